The average Bonchev–Trinajstić information content (AvgIpc) is 2.86. The molecular formula is C32H44O2Si. The van der Waals surface area contributed by atoms with Gasteiger partial charge in [0.2, 0.25) is 0 Å². The first-order chi connectivity index (χ1) is 16.8. The third-order valence-electron chi connectivity index (χ3n) is 6.82. The highest BCUT2D eigenvalue weighted by atomic mass is 28.4. The maximum absolute atomic E-state index is 6.96. The van der Waals surface area contributed by atoms with Gasteiger partial charge in [0.05, 0.1) is 0 Å². The first-order valence-corrected chi connectivity index (χ1v) is 15.2. The van der Waals surface area contributed by atoms with Gasteiger partial charge in [-0.25, -0.2) is 0 Å². The highest BCUT2D eigenvalue weighted by Gasteiger charge is 2.49. The molecule has 35 heavy (non-hydrogen) atoms. The van der Waals surface area contributed by atoms with Crippen LogP contribution in [0.2, 0.25) is 5.04 Å². The van der Waals surface area contributed by atoms with Gasteiger partial charge in [0.25, 0.3) is 8.32 Å². The van der Waals surface area contributed by atoms with Gasteiger partial charge in [-0.2, -0.15) is 0 Å². The number of hydrogen-bond acceptors (Lipinski definition) is 2. The van der Waals surface area contributed by atoms with E-state index in [1.165, 1.54) is 21.5 Å². The van der Waals surface area contributed by atoms with Crippen LogP contribution in [0, 0.1) is 0 Å². The van der Waals surface area contributed by atoms with Crippen molar-refractivity contribution in [2.75, 3.05) is 19.8 Å². The third kappa shape index (κ3) is 7.39. The number of rotatable bonds is 13. The lowest BCUT2D eigenvalue weighted by Gasteiger charge is -2.43. The minimum atomic E-state index is -2.42. The maximum atomic E-state index is 6.96. The molecule has 3 aromatic carbocycles. The standard InChI is InChI=1S/C32H44O2Si/c1-27(2)29-22-20-28(21-23-29)15-14-25-33-24-12-13-26-34-35(32(3,4)5,30-16-8-6-9-17-30)31-18-10-7-11-19-31/h6-11,16-23,27H,12-15,24-26H2,1-5H3. The Labute approximate surface area is 214 Å². The fraction of sp³-hybridized carbons (Fsp3) is 0.438. The number of aryl methyl sites for hydroxylation is 1. The maximum Gasteiger partial charge on any atom is 0.261 e. The Hall–Kier alpha value is -2.20. The number of ether oxygens (including phenoxy) is 1. The number of benzene rings is 3. The average molecular weight is 489 g/mol. The largest absolute Gasteiger partial charge is 0.407 e. The first-order valence-electron chi connectivity index (χ1n) is 13.3. The van der Waals surface area contributed by atoms with E-state index in [0.717, 1.165) is 45.5 Å². The summed E-state index contributed by atoms with van der Waals surface area (Å²) in [5, 5.41) is 2.72. The molecule has 0 aliphatic carbocycles. The van der Waals surface area contributed by atoms with Crippen LogP contribution in [-0.4, -0.2) is 28.1 Å². The molecule has 188 valence electrons. The van der Waals surface area contributed by atoms with Crippen LogP contribution in [0.15, 0.2) is 84.9 Å². The molecule has 0 aliphatic heterocycles. The van der Waals surface area contributed by atoms with Crippen LogP contribution in [-0.2, 0) is 15.6 Å². The summed E-state index contributed by atoms with van der Waals surface area (Å²) in [6, 6.07) is 30.8. The number of hydrogen-bond donors (Lipinski definition) is 0. The van der Waals surface area contributed by atoms with Crippen molar-refractivity contribution in [3.8, 4) is 0 Å². The molecule has 2 nitrogen and oxygen atoms in total. The summed E-state index contributed by atoms with van der Waals surface area (Å²) in [4.78, 5) is 0. The van der Waals surface area contributed by atoms with E-state index in [4.69, 9.17) is 9.16 Å². The zero-order chi connectivity index (χ0) is 25.2. The Bertz CT molecular complexity index is 936. The van der Waals surface area contributed by atoms with Crippen molar-refractivity contribution in [1.82, 2.24) is 0 Å². The zero-order valence-corrected chi connectivity index (χ0v) is 23.4. The molecule has 0 aliphatic rings. The molecule has 0 atom stereocenters. The predicted octanol–water partition coefficient (Wildman–Crippen LogP) is 7.12. The van der Waals surface area contributed by atoms with Crippen LogP contribution in [0.1, 0.15) is 70.9 Å². The van der Waals surface area contributed by atoms with E-state index in [1.807, 2.05) is 0 Å². The second kappa shape index (κ2) is 13.2. The van der Waals surface area contributed by atoms with Gasteiger partial charge in [0.1, 0.15) is 0 Å². The zero-order valence-electron chi connectivity index (χ0n) is 22.4. The van der Waals surface area contributed by atoms with Crippen molar-refractivity contribution in [2.45, 2.75) is 71.3 Å². The van der Waals surface area contributed by atoms with Gasteiger partial charge in [-0.3, -0.25) is 0 Å². The summed E-state index contributed by atoms with van der Waals surface area (Å²) in [5.41, 5.74) is 2.81. The molecule has 0 saturated carbocycles. The number of unbranched alkanes of at least 4 members (excludes halogenated alkanes) is 1. The topological polar surface area (TPSA) is 18.5 Å². The molecular weight excluding hydrogens is 444 g/mol. The first kappa shape index (κ1) is 27.4. The summed E-state index contributed by atoms with van der Waals surface area (Å²) in [6.07, 6.45) is 4.19. The van der Waals surface area contributed by atoms with Crippen LogP contribution in [0.4, 0.5) is 0 Å². The monoisotopic (exact) mass is 488 g/mol. The molecule has 0 aromatic heterocycles. The van der Waals surface area contributed by atoms with E-state index in [2.05, 4.69) is 120 Å². The molecule has 0 amide bonds. The summed E-state index contributed by atoms with van der Waals surface area (Å²) >= 11 is 0. The van der Waals surface area contributed by atoms with E-state index < -0.39 is 8.32 Å². The summed E-state index contributed by atoms with van der Waals surface area (Å²) in [6.45, 7) is 13.9. The molecule has 0 spiro atoms. The molecule has 0 heterocycles. The normalized spacial score (nSPS) is 12.3. The Kier molecular flexibility index (Phi) is 10.3. The lowest BCUT2D eigenvalue weighted by molar-refractivity contribution is 0.124. The van der Waals surface area contributed by atoms with Crippen molar-refractivity contribution in [3.63, 3.8) is 0 Å². The predicted molar refractivity (Wildman–Crippen MR) is 152 cm³/mol. The second-order valence-electron chi connectivity index (χ2n) is 10.8. The van der Waals surface area contributed by atoms with Crippen LogP contribution in [0.3, 0.4) is 0 Å². The molecule has 0 saturated heterocycles. The minimum absolute atomic E-state index is 0.0274. The molecule has 0 fully saturated rings. The van der Waals surface area contributed by atoms with Crippen LogP contribution in [0.5, 0.6) is 0 Å². The Morgan fingerprint density at radius 1 is 0.657 bits per heavy atom. The molecule has 3 heteroatoms. The van der Waals surface area contributed by atoms with Gasteiger partial charge >= 0.3 is 0 Å². The highest BCUT2D eigenvalue weighted by Crippen LogP contribution is 2.36. The third-order valence-corrected chi connectivity index (χ3v) is 11.9. The quantitative estimate of drug-likeness (QED) is 0.188. The van der Waals surface area contributed by atoms with Gasteiger partial charge < -0.3 is 9.16 Å². The van der Waals surface area contributed by atoms with Gasteiger partial charge in [0.15, 0.2) is 0 Å². The minimum Gasteiger partial charge on any atom is -0.407 e. The smallest absolute Gasteiger partial charge is 0.261 e. The Morgan fingerprint density at radius 2 is 1.17 bits per heavy atom. The fourth-order valence-corrected chi connectivity index (χ4v) is 9.45. The molecule has 0 N–H and O–H groups in total. The summed E-state index contributed by atoms with van der Waals surface area (Å²) in [5.74, 6) is 0.591. The van der Waals surface area contributed by atoms with E-state index in [9.17, 15) is 0 Å². The van der Waals surface area contributed by atoms with Crippen LogP contribution in [0.25, 0.3) is 0 Å². The van der Waals surface area contributed by atoms with Gasteiger partial charge in [-0.15, -0.1) is 0 Å². The Morgan fingerprint density at radius 3 is 1.69 bits per heavy atom. The van der Waals surface area contributed by atoms with Gasteiger partial charge in [0, 0.05) is 19.8 Å². The molecule has 0 bridgehead atoms. The Balaban J connectivity index is 1.47. The van der Waals surface area contributed by atoms with E-state index in [1.54, 1.807) is 0 Å². The summed E-state index contributed by atoms with van der Waals surface area (Å²) < 4.78 is 12.9. The molecule has 3 aromatic rings. The van der Waals surface area contributed by atoms with Crippen molar-refractivity contribution < 1.29 is 9.16 Å². The van der Waals surface area contributed by atoms with Crippen LogP contribution < -0.4 is 10.4 Å². The van der Waals surface area contributed by atoms with Crippen LogP contribution >= 0.6 is 0 Å². The SMILES string of the molecule is CC(C)c1ccc(CCCOCCCCO[Si](c2ccccc2)(c2ccccc2)C(C)(C)C)cc1. The van der Waals surface area contributed by atoms with Gasteiger partial charge in [-0.1, -0.05) is 120 Å². The lowest BCUT2D eigenvalue weighted by atomic mass is 10.0. The molecule has 0 unspecified atom stereocenters. The second-order valence-corrected chi connectivity index (χ2v) is 15.1. The molecule has 3 rings (SSSR count). The van der Waals surface area contributed by atoms with E-state index in [0.29, 0.717) is 5.92 Å². The summed E-state index contributed by atoms with van der Waals surface area (Å²) in [7, 11) is -2.42. The molecule has 0 radical (unpaired) electrons. The van der Waals surface area contributed by atoms with Gasteiger partial charge in [-0.05, 0) is 58.1 Å². The van der Waals surface area contributed by atoms with E-state index in [-0.39, 0.29) is 5.04 Å². The van der Waals surface area contributed by atoms with Crippen molar-refractivity contribution in [2.24, 2.45) is 0 Å². The van der Waals surface area contributed by atoms with E-state index >= 15 is 0 Å². The lowest BCUT2D eigenvalue weighted by Crippen LogP contribution is -2.66. The van der Waals surface area contributed by atoms with Crippen molar-refractivity contribution >= 4 is 18.7 Å². The fourth-order valence-electron chi connectivity index (χ4n) is 4.84. The van der Waals surface area contributed by atoms with Crippen molar-refractivity contribution in [1.29, 1.82) is 0 Å². The highest BCUT2D eigenvalue weighted by molar-refractivity contribution is 6.99. The van der Waals surface area contributed by atoms with Crippen molar-refractivity contribution in [3.05, 3.63) is 96.1 Å².